The second-order valence-electron chi connectivity index (χ2n) is 8.29. The molecule has 0 radical (unpaired) electrons. The second-order valence-corrected chi connectivity index (χ2v) is 10.8. The SMILES string of the molecule is CCCCCOC1(Br)C=CC(c2ccccc2)C=C1.OC1(Br)C=CC(c2ccccc2)C=C1. The predicted octanol–water partition coefficient (Wildman–Crippen LogP) is 8.17. The Morgan fingerprint density at radius 2 is 1.18 bits per heavy atom. The molecule has 0 heterocycles. The Kier molecular flexibility index (Phi) is 9.94. The number of halogens is 2. The zero-order valence-electron chi connectivity index (χ0n) is 19.0. The van der Waals surface area contributed by atoms with Crippen molar-refractivity contribution in [3.05, 3.63) is 120 Å². The maximum absolute atomic E-state index is 9.58. The largest absolute Gasteiger partial charge is 0.372 e. The number of allylic oxidation sites excluding steroid dienone is 4. The molecule has 2 aromatic rings. The summed E-state index contributed by atoms with van der Waals surface area (Å²) >= 11 is 6.83. The summed E-state index contributed by atoms with van der Waals surface area (Å²) in [6.45, 7) is 3.00. The summed E-state index contributed by atoms with van der Waals surface area (Å²) in [6.07, 6.45) is 19.7. The standard InChI is InChI=1S/C17H21BrO.C12H11BrO/c1-2-3-7-14-19-17(18)12-10-16(11-13-17)15-8-5-4-6-9-15;13-12(14)8-6-11(7-9-12)10-4-2-1-3-5-10/h4-6,8-13,16H,2-3,7,14H2,1H3;1-9,11,14H. The third kappa shape index (κ3) is 8.53. The van der Waals surface area contributed by atoms with Crippen LogP contribution in [0.4, 0.5) is 0 Å². The van der Waals surface area contributed by atoms with Crippen LogP contribution in [0.25, 0.3) is 0 Å². The van der Waals surface area contributed by atoms with Gasteiger partial charge in [0.05, 0.1) is 0 Å². The van der Waals surface area contributed by atoms with Crippen LogP contribution < -0.4 is 0 Å². The molecule has 2 aliphatic rings. The number of ether oxygens (including phenoxy) is 1. The number of alkyl halides is 2. The van der Waals surface area contributed by atoms with E-state index in [0.29, 0.717) is 5.92 Å². The average molecular weight is 572 g/mol. The first kappa shape index (κ1) is 25.9. The zero-order valence-corrected chi connectivity index (χ0v) is 22.2. The van der Waals surface area contributed by atoms with Gasteiger partial charge in [0.15, 0.2) is 9.02 Å². The maximum atomic E-state index is 9.58. The van der Waals surface area contributed by atoms with Gasteiger partial charge in [0.25, 0.3) is 0 Å². The Morgan fingerprint density at radius 1 is 0.727 bits per heavy atom. The summed E-state index contributed by atoms with van der Waals surface area (Å²) in [7, 11) is 0. The van der Waals surface area contributed by atoms with Gasteiger partial charge in [0, 0.05) is 18.4 Å². The van der Waals surface area contributed by atoms with Crippen molar-refractivity contribution in [1.29, 1.82) is 0 Å². The molecule has 0 fully saturated rings. The number of aliphatic hydroxyl groups is 1. The molecule has 4 rings (SSSR count). The Morgan fingerprint density at radius 3 is 1.64 bits per heavy atom. The number of unbranched alkanes of at least 4 members (excludes halogenated alkanes) is 2. The van der Waals surface area contributed by atoms with Crippen molar-refractivity contribution >= 4 is 31.9 Å². The molecule has 0 saturated heterocycles. The molecular weight excluding hydrogens is 540 g/mol. The van der Waals surface area contributed by atoms with Gasteiger partial charge in [0.1, 0.15) is 0 Å². The highest BCUT2D eigenvalue weighted by atomic mass is 79.9. The van der Waals surface area contributed by atoms with Gasteiger partial charge in [-0.25, -0.2) is 0 Å². The van der Waals surface area contributed by atoms with E-state index in [1.165, 1.54) is 24.0 Å². The van der Waals surface area contributed by atoms with Crippen LogP contribution in [-0.4, -0.2) is 20.7 Å². The first-order valence-electron chi connectivity index (χ1n) is 11.5. The van der Waals surface area contributed by atoms with E-state index in [4.69, 9.17) is 4.74 Å². The van der Waals surface area contributed by atoms with E-state index in [1.54, 1.807) is 12.2 Å². The van der Waals surface area contributed by atoms with Gasteiger partial charge in [-0.15, -0.1) is 0 Å². The second kappa shape index (κ2) is 12.7. The van der Waals surface area contributed by atoms with E-state index in [2.05, 4.69) is 99.5 Å². The van der Waals surface area contributed by atoms with Crippen LogP contribution in [0.1, 0.15) is 49.1 Å². The lowest BCUT2D eigenvalue weighted by Crippen LogP contribution is -2.22. The average Bonchev–Trinajstić information content (AvgIpc) is 2.84. The minimum Gasteiger partial charge on any atom is -0.372 e. The quantitative estimate of drug-likeness (QED) is 0.206. The molecule has 0 unspecified atom stereocenters. The molecule has 4 heteroatoms. The normalized spacial score (nSPS) is 27.8. The van der Waals surface area contributed by atoms with Crippen LogP contribution >= 0.6 is 31.9 Å². The van der Waals surface area contributed by atoms with E-state index in [9.17, 15) is 5.11 Å². The van der Waals surface area contributed by atoms with Crippen LogP contribution in [-0.2, 0) is 4.74 Å². The number of hydrogen-bond acceptors (Lipinski definition) is 2. The van der Waals surface area contributed by atoms with E-state index in [1.807, 2.05) is 36.4 Å². The molecule has 1 N–H and O–H groups in total. The van der Waals surface area contributed by atoms with E-state index in [-0.39, 0.29) is 5.92 Å². The minimum absolute atomic E-state index is 0.272. The van der Waals surface area contributed by atoms with Crippen LogP contribution in [0.5, 0.6) is 0 Å². The van der Waals surface area contributed by atoms with Gasteiger partial charge in [-0.3, -0.25) is 0 Å². The van der Waals surface area contributed by atoms with Gasteiger partial charge in [-0.05, 0) is 73.7 Å². The van der Waals surface area contributed by atoms with Crippen LogP contribution in [0.3, 0.4) is 0 Å². The molecule has 0 aliphatic heterocycles. The van der Waals surface area contributed by atoms with Crippen molar-refractivity contribution in [2.24, 2.45) is 0 Å². The third-order valence-corrected chi connectivity index (χ3v) is 6.86. The van der Waals surface area contributed by atoms with Crippen molar-refractivity contribution in [2.45, 2.75) is 47.0 Å². The first-order chi connectivity index (χ1) is 15.9. The molecule has 2 aromatic carbocycles. The highest BCUT2D eigenvalue weighted by molar-refractivity contribution is 9.10. The lowest BCUT2D eigenvalue weighted by atomic mass is 9.94. The fraction of sp³-hybridized carbons (Fsp3) is 0.310. The number of rotatable bonds is 7. The summed E-state index contributed by atoms with van der Waals surface area (Å²) in [6, 6.07) is 20.7. The summed E-state index contributed by atoms with van der Waals surface area (Å²) in [5.74, 6) is 0.625. The molecule has 174 valence electrons. The van der Waals surface area contributed by atoms with Gasteiger partial charge in [-0.1, -0.05) is 105 Å². The topological polar surface area (TPSA) is 29.5 Å². The summed E-state index contributed by atoms with van der Waals surface area (Å²) in [4.78, 5) is 0. The van der Waals surface area contributed by atoms with Crippen LogP contribution in [0.2, 0.25) is 0 Å². The fourth-order valence-corrected chi connectivity index (χ4v) is 4.43. The molecule has 0 atom stereocenters. The molecule has 0 aromatic heterocycles. The molecule has 2 aliphatic carbocycles. The minimum atomic E-state index is -0.960. The monoisotopic (exact) mass is 570 g/mol. The lowest BCUT2D eigenvalue weighted by molar-refractivity contribution is 0.0921. The summed E-state index contributed by atoms with van der Waals surface area (Å²) in [5.41, 5.74) is 2.55. The smallest absolute Gasteiger partial charge is 0.159 e. The van der Waals surface area contributed by atoms with Gasteiger partial charge >= 0.3 is 0 Å². The van der Waals surface area contributed by atoms with Crippen molar-refractivity contribution in [3.63, 3.8) is 0 Å². The number of hydrogen-bond donors (Lipinski definition) is 1. The maximum Gasteiger partial charge on any atom is 0.159 e. The molecule has 0 bridgehead atoms. The summed E-state index contributed by atoms with van der Waals surface area (Å²) in [5, 5.41) is 9.58. The van der Waals surface area contributed by atoms with Crippen LogP contribution in [0.15, 0.2) is 109 Å². The zero-order chi connectivity index (χ0) is 23.6. The van der Waals surface area contributed by atoms with Crippen molar-refractivity contribution < 1.29 is 9.84 Å². The molecular formula is C29H32Br2O2. The van der Waals surface area contributed by atoms with Crippen molar-refractivity contribution in [2.75, 3.05) is 6.61 Å². The number of benzene rings is 2. The Hall–Kier alpha value is -1.72. The molecule has 33 heavy (non-hydrogen) atoms. The highest BCUT2D eigenvalue weighted by Gasteiger charge is 2.24. The lowest BCUT2D eigenvalue weighted by Gasteiger charge is -2.25. The van der Waals surface area contributed by atoms with E-state index >= 15 is 0 Å². The molecule has 0 spiro atoms. The Labute approximate surface area is 215 Å². The first-order valence-corrected chi connectivity index (χ1v) is 13.1. The van der Waals surface area contributed by atoms with Gasteiger partial charge in [-0.2, -0.15) is 0 Å². The Bertz CT molecular complexity index is 932. The molecule has 2 nitrogen and oxygen atoms in total. The molecule has 0 amide bonds. The van der Waals surface area contributed by atoms with E-state index in [0.717, 1.165) is 13.0 Å². The predicted molar refractivity (Wildman–Crippen MR) is 146 cm³/mol. The fourth-order valence-electron chi connectivity index (χ4n) is 3.66. The summed E-state index contributed by atoms with van der Waals surface area (Å²) < 4.78 is 4.53. The third-order valence-electron chi connectivity index (χ3n) is 5.58. The molecule has 0 saturated carbocycles. The van der Waals surface area contributed by atoms with E-state index < -0.39 is 9.02 Å². The van der Waals surface area contributed by atoms with Crippen LogP contribution in [0, 0.1) is 0 Å². The van der Waals surface area contributed by atoms with Crippen molar-refractivity contribution in [3.8, 4) is 0 Å². The van der Waals surface area contributed by atoms with Crippen molar-refractivity contribution in [1.82, 2.24) is 0 Å². The van der Waals surface area contributed by atoms with Gasteiger partial charge < -0.3 is 9.84 Å². The Balaban J connectivity index is 0.000000194. The van der Waals surface area contributed by atoms with Gasteiger partial charge in [0.2, 0.25) is 0 Å². The highest BCUT2D eigenvalue weighted by Crippen LogP contribution is 2.33.